The van der Waals surface area contributed by atoms with Gasteiger partial charge in [-0.2, -0.15) is 0 Å². The van der Waals surface area contributed by atoms with Crippen LogP contribution in [0, 0.1) is 5.82 Å². The molecule has 9 nitrogen and oxygen atoms in total. The third kappa shape index (κ3) is 5.27. The number of carbonyl (C=O) groups excluding carboxylic acids is 1. The number of morpholine rings is 1. The molecule has 0 N–H and O–H groups in total. The number of aromatic nitrogens is 4. The first-order valence-corrected chi connectivity index (χ1v) is 9.92. The van der Waals surface area contributed by atoms with Gasteiger partial charge in [-0.1, -0.05) is 0 Å². The summed E-state index contributed by atoms with van der Waals surface area (Å²) >= 11 is 0. The Morgan fingerprint density at radius 2 is 1.86 bits per heavy atom. The SMILES string of the molecule is O=C(Cn1nnnc1CN1CCOCC1)N1CCC(Oc2ccc(F)cc2)CC1. The lowest BCUT2D eigenvalue weighted by Gasteiger charge is -2.32. The first kappa shape index (κ1) is 19.7. The summed E-state index contributed by atoms with van der Waals surface area (Å²) < 4.78 is 25.8. The highest BCUT2D eigenvalue weighted by Gasteiger charge is 2.25. The van der Waals surface area contributed by atoms with Crippen molar-refractivity contribution in [2.45, 2.75) is 32.0 Å². The van der Waals surface area contributed by atoms with Crippen LogP contribution in [-0.4, -0.2) is 81.4 Å². The molecule has 1 amide bonds. The number of ether oxygens (including phenoxy) is 2. The predicted molar refractivity (Wildman–Crippen MR) is 101 cm³/mol. The molecule has 156 valence electrons. The number of hydrogen-bond donors (Lipinski definition) is 0. The molecule has 2 aromatic rings. The van der Waals surface area contributed by atoms with Crippen LogP contribution in [0.3, 0.4) is 0 Å². The molecule has 1 aromatic carbocycles. The van der Waals surface area contributed by atoms with Gasteiger partial charge in [0.25, 0.3) is 0 Å². The zero-order valence-electron chi connectivity index (χ0n) is 16.2. The minimum Gasteiger partial charge on any atom is -0.490 e. The number of tetrazole rings is 1. The first-order chi connectivity index (χ1) is 14.2. The molecule has 2 aliphatic heterocycles. The molecule has 3 heterocycles. The van der Waals surface area contributed by atoms with Gasteiger partial charge in [0, 0.05) is 39.0 Å². The third-order valence-electron chi connectivity index (χ3n) is 5.27. The number of rotatable bonds is 6. The maximum absolute atomic E-state index is 13.0. The number of amides is 1. The molecule has 0 radical (unpaired) electrons. The Morgan fingerprint density at radius 1 is 1.14 bits per heavy atom. The molecular formula is C19H25FN6O3. The van der Waals surface area contributed by atoms with Crippen LogP contribution in [0.1, 0.15) is 18.7 Å². The van der Waals surface area contributed by atoms with E-state index < -0.39 is 0 Å². The number of halogens is 1. The lowest BCUT2D eigenvalue weighted by atomic mass is 10.1. The molecule has 0 unspecified atom stereocenters. The van der Waals surface area contributed by atoms with E-state index in [1.807, 2.05) is 4.90 Å². The second-order valence-corrected chi connectivity index (χ2v) is 7.29. The first-order valence-electron chi connectivity index (χ1n) is 9.92. The van der Waals surface area contributed by atoms with E-state index in [4.69, 9.17) is 9.47 Å². The van der Waals surface area contributed by atoms with E-state index in [9.17, 15) is 9.18 Å². The van der Waals surface area contributed by atoms with Crippen molar-refractivity contribution in [1.82, 2.24) is 30.0 Å². The fourth-order valence-electron chi connectivity index (χ4n) is 3.58. The van der Waals surface area contributed by atoms with Crippen LogP contribution in [0.4, 0.5) is 4.39 Å². The summed E-state index contributed by atoms with van der Waals surface area (Å²) in [5, 5.41) is 11.8. The smallest absolute Gasteiger partial charge is 0.244 e. The van der Waals surface area contributed by atoms with Crippen LogP contribution >= 0.6 is 0 Å². The van der Waals surface area contributed by atoms with Gasteiger partial charge in [0.1, 0.15) is 24.2 Å². The fraction of sp³-hybridized carbons (Fsp3) is 0.579. The van der Waals surface area contributed by atoms with E-state index in [-0.39, 0.29) is 24.4 Å². The number of piperidine rings is 1. The average Bonchev–Trinajstić information content (AvgIpc) is 3.17. The van der Waals surface area contributed by atoms with Crippen molar-refractivity contribution in [3.05, 3.63) is 35.9 Å². The summed E-state index contributed by atoms with van der Waals surface area (Å²) in [6, 6.07) is 6.02. The van der Waals surface area contributed by atoms with Crippen LogP contribution in [0.2, 0.25) is 0 Å². The fourth-order valence-corrected chi connectivity index (χ4v) is 3.58. The Hall–Kier alpha value is -2.59. The maximum Gasteiger partial charge on any atom is 0.244 e. The quantitative estimate of drug-likeness (QED) is 0.701. The minimum atomic E-state index is -0.284. The second-order valence-electron chi connectivity index (χ2n) is 7.29. The summed E-state index contributed by atoms with van der Waals surface area (Å²) in [6.45, 7) is 5.06. The molecule has 2 fully saturated rings. The number of carbonyl (C=O) groups is 1. The number of benzene rings is 1. The molecule has 29 heavy (non-hydrogen) atoms. The standard InChI is InChI=1S/C19H25FN6O3/c20-15-1-3-16(4-2-15)29-17-5-7-25(8-6-17)19(27)14-26-18(21-22-23-26)13-24-9-11-28-12-10-24/h1-4,17H,5-14H2. The van der Waals surface area contributed by atoms with Crippen molar-refractivity contribution in [1.29, 1.82) is 0 Å². The van der Waals surface area contributed by atoms with Gasteiger partial charge in [-0.15, -0.1) is 5.10 Å². The van der Waals surface area contributed by atoms with Crippen molar-refractivity contribution in [3.8, 4) is 5.75 Å². The Labute approximate surface area is 168 Å². The molecule has 2 saturated heterocycles. The monoisotopic (exact) mass is 404 g/mol. The molecule has 0 aliphatic carbocycles. The van der Waals surface area contributed by atoms with Gasteiger partial charge in [0.15, 0.2) is 5.82 Å². The van der Waals surface area contributed by atoms with Gasteiger partial charge in [-0.05, 0) is 34.7 Å². The summed E-state index contributed by atoms with van der Waals surface area (Å²) in [7, 11) is 0. The summed E-state index contributed by atoms with van der Waals surface area (Å²) in [4.78, 5) is 16.7. The van der Waals surface area contributed by atoms with Crippen molar-refractivity contribution >= 4 is 5.91 Å². The number of likely N-dealkylation sites (tertiary alicyclic amines) is 1. The molecular weight excluding hydrogens is 379 g/mol. The largest absolute Gasteiger partial charge is 0.490 e. The molecule has 0 bridgehead atoms. The topological polar surface area (TPSA) is 85.6 Å². The Kier molecular flexibility index (Phi) is 6.30. The molecule has 10 heteroatoms. The van der Waals surface area contributed by atoms with E-state index in [0.29, 0.717) is 44.4 Å². The Morgan fingerprint density at radius 3 is 2.59 bits per heavy atom. The van der Waals surface area contributed by atoms with E-state index >= 15 is 0 Å². The summed E-state index contributed by atoms with van der Waals surface area (Å²) in [5.74, 6) is 1.06. The highest BCUT2D eigenvalue weighted by Crippen LogP contribution is 2.19. The van der Waals surface area contributed by atoms with Gasteiger partial charge in [-0.25, -0.2) is 9.07 Å². The van der Waals surface area contributed by atoms with Crippen molar-refractivity contribution in [2.24, 2.45) is 0 Å². The Balaban J connectivity index is 1.26. The second kappa shape index (κ2) is 9.27. The van der Waals surface area contributed by atoms with Gasteiger partial charge in [0.05, 0.1) is 19.8 Å². The molecule has 4 rings (SSSR count). The van der Waals surface area contributed by atoms with Gasteiger partial charge in [0.2, 0.25) is 5.91 Å². The molecule has 0 saturated carbocycles. The van der Waals surface area contributed by atoms with Crippen LogP contribution in [0.25, 0.3) is 0 Å². The van der Waals surface area contributed by atoms with E-state index in [0.717, 1.165) is 25.9 Å². The van der Waals surface area contributed by atoms with E-state index in [1.165, 1.54) is 12.1 Å². The summed E-state index contributed by atoms with van der Waals surface area (Å²) in [5.41, 5.74) is 0. The molecule has 0 spiro atoms. The zero-order chi connectivity index (χ0) is 20.1. The van der Waals surface area contributed by atoms with Crippen LogP contribution in [0.15, 0.2) is 24.3 Å². The number of nitrogens with zero attached hydrogens (tertiary/aromatic N) is 6. The van der Waals surface area contributed by atoms with Crippen molar-refractivity contribution in [2.75, 3.05) is 39.4 Å². The van der Waals surface area contributed by atoms with Crippen molar-refractivity contribution < 1.29 is 18.7 Å². The van der Waals surface area contributed by atoms with Crippen LogP contribution < -0.4 is 4.74 Å². The van der Waals surface area contributed by atoms with Gasteiger partial charge in [-0.3, -0.25) is 9.69 Å². The molecule has 2 aliphatic rings. The number of hydrogen-bond acceptors (Lipinski definition) is 7. The third-order valence-corrected chi connectivity index (χ3v) is 5.27. The van der Waals surface area contributed by atoms with Crippen molar-refractivity contribution in [3.63, 3.8) is 0 Å². The van der Waals surface area contributed by atoms with Gasteiger partial charge >= 0.3 is 0 Å². The Bertz CT molecular complexity index is 801. The predicted octanol–water partition coefficient (Wildman–Crippen LogP) is 0.714. The molecule has 0 atom stereocenters. The highest BCUT2D eigenvalue weighted by molar-refractivity contribution is 5.76. The van der Waals surface area contributed by atoms with Crippen LogP contribution in [-0.2, 0) is 22.6 Å². The maximum atomic E-state index is 13.0. The van der Waals surface area contributed by atoms with Gasteiger partial charge < -0.3 is 14.4 Å². The molecule has 1 aromatic heterocycles. The van der Waals surface area contributed by atoms with E-state index in [2.05, 4.69) is 20.4 Å². The highest BCUT2D eigenvalue weighted by atomic mass is 19.1. The summed E-state index contributed by atoms with van der Waals surface area (Å²) in [6.07, 6.45) is 1.49. The minimum absolute atomic E-state index is 0.000703. The normalized spacial score (nSPS) is 18.7. The van der Waals surface area contributed by atoms with Crippen LogP contribution in [0.5, 0.6) is 5.75 Å². The lowest BCUT2D eigenvalue weighted by Crippen LogP contribution is -2.43. The lowest BCUT2D eigenvalue weighted by molar-refractivity contribution is -0.133. The van der Waals surface area contributed by atoms with E-state index in [1.54, 1.807) is 16.8 Å². The zero-order valence-corrected chi connectivity index (χ0v) is 16.2. The average molecular weight is 404 g/mol.